The SMILES string of the molecule is CC(C)(O)c1cc(B(O)O)ccn1. The molecule has 1 aromatic rings. The molecule has 70 valence electrons. The summed E-state index contributed by atoms with van der Waals surface area (Å²) in [5.74, 6) is 0. The van der Waals surface area contributed by atoms with Crippen molar-refractivity contribution in [3.8, 4) is 0 Å². The average Bonchev–Trinajstić information content (AvgIpc) is 2.03. The lowest BCUT2D eigenvalue weighted by Gasteiger charge is -2.16. The number of hydrogen-bond acceptors (Lipinski definition) is 4. The maximum Gasteiger partial charge on any atom is 0.488 e. The van der Waals surface area contributed by atoms with Crippen LogP contribution < -0.4 is 5.46 Å². The Morgan fingerprint density at radius 1 is 1.38 bits per heavy atom. The smallest absolute Gasteiger partial charge is 0.423 e. The zero-order valence-electron chi connectivity index (χ0n) is 7.60. The van der Waals surface area contributed by atoms with E-state index in [0.29, 0.717) is 11.2 Å². The van der Waals surface area contributed by atoms with Crippen LogP contribution >= 0.6 is 0 Å². The van der Waals surface area contributed by atoms with Crippen LogP contribution in [0, 0.1) is 0 Å². The minimum atomic E-state index is -1.52. The first-order valence-corrected chi connectivity index (χ1v) is 3.96. The van der Waals surface area contributed by atoms with E-state index < -0.39 is 12.7 Å². The van der Waals surface area contributed by atoms with Gasteiger partial charge in [0, 0.05) is 6.20 Å². The molecule has 0 unspecified atom stereocenters. The predicted octanol–water partition coefficient (Wildman–Crippen LogP) is -1.01. The summed E-state index contributed by atoms with van der Waals surface area (Å²) in [6, 6.07) is 2.95. The minimum Gasteiger partial charge on any atom is -0.423 e. The summed E-state index contributed by atoms with van der Waals surface area (Å²) >= 11 is 0. The molecule has 0 saturated carbocycles. The number of aliphatic hydroxyl groups is 1. The normalized spacial score (nSPS) is 11.5. The standard InChI is InChI=1S/C8H12BNO3/c1-8(2,11)7-5-6(9(12)13)3-4-10-7/h3-5,11-13H,1-2H3. The van der Waals surface area contributed by atoms with Crippen molar-refractivity contribution < 1.29 is 15.2 Å². The van der Waals surface area contributed by atoms with Crippen LogP contribution in [0.4, 0.5) is 0 Å². The molecule has 0 spiro atoms. The number of rotatable bonds is 2. The van der Waals surface area contributed by atoms with Gasteiger partial charge in [-0.25, -0.2) is 0 Å². The van der Waals surface area contributed by atoms with Gasteiger partial charge in [-0.2, -0.15) is 0 Å². The van der Waals surface area contributed by atoms with Crippen LogP contribution in [0.3, 0.4) is 0 Å². The summed E-state index contributed by atoms with van der Waals surface area (Å²) in [4.78, 5) is 3.92. The molecule has 1 aromatic heterocycles. The van der Waals surface area contributed by atoms with Crippen LogP contribution in [0.15, 0.2) is 18.3 Å². The molecule has 0 bridgehead atoms. The summed E-state index contributed by atoms with van der Waals surface area (Å²) < 4.78 is 0. The van der Waals surface area contributed by atoms with Crippen molar-refractivity contribution in [3.63, 3.8) is 0 Å². The number of nitrogens with zero attached hydrogens (tertiary/aromatic N) is 1. The Labute approximate surface area is 77.0 Å². The molecule has 0 atom stereocenters. The lowest BCUT2D eigenvalue weighted by Crippen LogP contribution is -2.32. The highest BCUT2D eigenvalue weighted by Gasteiger charge is 2.20. The first-order chi connectivity index (χ1) is 5.91. The van der Waals surface area contributed by atoms with Crippen molar-refractivity contribution in [1.82, 2.24) is 4.98 Å². The van der Waals surface area contributed by atoms with Crippen molar-refractivity contribution in [2.45, 2.75) is 19.4 Å². The number of pyridine rings is 1. The zero-order chi connectivity index (χ0) is 10.1. The van der Waals surface area contributed by atoms with Crippen LogP contribution in [0.1, 0.15) is 19.5 Å². The van der Waals surface area contributed by atoms with Crippen molar-refractivity contribution in [3.05, 3.63) is 24.0 Å². The third kappa shape index (κ3) is 2.52. The second-order valence-corrected chi connectivity index (χ2v) is 3.41. The van der Waals surface area contributed by atoms with Gasteiger partial charge in [-0.15, -0.1) is 0 Å². The summed E-state index contributed by atoms with van der Waals surface area (Å²) in [7, 11) is -1.52. The van der Waals surface area contributed by atoms with E-state index in [4.69, 9.17) is 10.0 Å². The third-order valence-corrected chi connectivity index (χ3v) is 1.71. The quantitative estimate of drug-likeness (QED) is 0.511. The monoisotopic (exact) mass is 181 g/mol. The fraction of sp³-hybridized carbons (Fsp3) is 0.375. The number of hydrogen-bond donors (Lipinski definition) is 3. The molecular formula is C8H12BNO3. The Hall–Kier alpha value is -0.905. The molecule has 0 aliphatic rings. The summed E-state index contributed by atoms with van der Waals surface area (Å²) in [5, 5.41) is 27.3. The summed E-state index contributed by atoms with van der Waals surface area (Å²) in [6.07, 6.45) is 1.43. The zero-order valence-corrected chi connectivity index (χ0v) is 7.60. The summed E-state index contributed by atoms with van der Waals surface area (Å²) in [5.41, 5.74) is -0.324. The number of aromatic nitrogens is 1. The Morgan fingerprint density at radius 2 is 2.00 bits per heavy atom. The molecule has 0 amide bonds. The van der Waals surface area contributed by atoms with Gasteiger partial charge in [0.05, 0.1) is 5.69 Å². The maximum absolute atomic E-state index is 9.57. The van der Waals surface area contributed by atoms with Gasteiger partial charge in [0.25, 0.3) is 0 Å². The minimum absolute atomic E-state index is 0.326. The molecule has 1 rings (SSSR count). The maximum atomic E-state index is 9.57. The lowest BCUT2D eigenvalue weighted by atomic mass is 9.80. The van der Waals surface area contributed by atoms with E-state index in [9.17, 15) is 5.11 Å². The largest absolute Gasteiger partial charge is 0.488 e. The van der Waals surface area contributed by atoms with E-state index in [1.54, 1.807) is 13.8 Å². The fourth-order valence-corrected chi connectivity index (χ4v) is 0.942. The van der Waals surface area contributed by atoms with E-state index in [0.717, 1.165) is 0 Å². The van der Waals surface area contributed by atoms with Gasteiger partial charge >= 0.3 is 7.12 Å². The van der Waals surface area contributed by atoms with E-state index in [-0.39, 0.29) is 0 Å². The average molecular weight is 181 g/mol. The first kappa shape index (κ1) is 10.2. The summed E-state index contributed by atoms with van der Waals surface area (Å²) in [6.45, 7) is 3.17. The Morgan fingerprint density at radius 3 is 2.46 bits per heavy atom. The van der Waals surface area contributed by atoms with Gasteiger partial charge in [0.1, 0.15) is 5.60 Å². The van der Waals surface area contributed by atoms with Gasteiger partial charge in [-0.3, -0.25) is 4.98 Å². The molecule has 0 aliphatic heterocycles. The molecule has 0 fully saturated rings. The Kier molecular flexibility index (Phi) is 2.70. The molecule has 0 radical (unpaired) electrons. The highest BCUT2D eigenvalue weighted by atomic mass is 16.4. The Balaban J connectivity index is 3.06. The van der Waals surface area contributed by atoms with Crippen LogP contribution in [0.5, 0.6) is 0 Å². The van der Waals surface area contributed by atoms with Gasteiger partial charge < -0.3 is 15.2 Å². The second-order valence-electron chi connectivity index (χ2n) is 3.41. The van der Waals surface area contributed by atoms with Crippen LogP contribution in [-0.2, 0) is 5.60 Å². The van der Waals surface area contributed by atoms with E-state index in [2.05, 4.69) is 4.98 Å². The molecule has 3 N–H and O–H groups in total. The van der Waals surface area contributed by atoms with Crippen LogP contribution in [0.2, 0.25) is 0 Å². The third-order valence-electron chi connectivity index (χ3n) is 1.71. The van der Waals surface area contributed by atoms with Gasteiger partial charge in [-0.1, -0.05) is 0 Å². The van der Waals surface area contributed by atoms with Crippen molar-refractivity contribution in [1.29, 1.82) is 0 Å². The fourth-order valence-electron chi connectivity index (χ4n) is 0.942. The van der Waals surface area contributed by atoms with Gasteiger partial charge in [0.15, 0.2) is 0 Å². The second kappa shape index (κ2) is 3.45. The molecular weight excluding hydrogens is 169 g/mol. The topological polar surface area (TPSA) is 73.6 Å². The molecule has 5 heteroatoms. The molecule has 1 heterocycles. The highest BCUT2D eigenvalue weighted by molar-refractivity contribution is 6.58. The molecule has 0 aromatic carbocycles. The molecule has 4 nitrogen and oxygen atoms in total. The highest BCUT2D eigenvalue weighted by Crippen LogP contribution is 2.14. The first-order valence-electron chi connectivity index (χ1n) is 3.96. The molecule has 0 aliphatic carbocycles. The van der Waals surface area contributed by atoms with Crippen LogP contribution in [0.25, 0.3) is 0 Å². The van der Waals surface area contributed by atoms with Crippen molar-refractivity contribution in [2.24, 2.45) is 0 Å². The molecule has 0 saturated heterocycles. The Bertz CT molecular complexity index is 296. The van der Waals surface area contributed by atoms with E-state index in [1.807, 2.05) is 0 Å². The van der Waals surface area contributed by atoms with E-state index in [1.165, 1.54) is 18.3 Å². The van der Waals surface area contributed by atoms with E-state index >= 15 is 0 Å². The van der Waals surface area contributed by atoms with Crippen molar-refractivity contribution >= 4 is 12.6 Å². The van der Waals surface area contributed by atoms with Crippen molar-refractivity contribution in [2.75, 3.05) is 0 Å². The van der Waals surface area contributed by atoms with Crippen LogP contribution in [-0.4, -0.2) is 27.3 Å². The van der Waals surface area contributed by atoms with Gasteiger partial charge in [0.2, 0.25) is 0 Å². The van der Waals surface area contributed by atoms with Gasteiger partial charge in [-0.05, 0) is 31.4 Å². The molecule has 13 heavy (non-hydrogen) atoms. The predicted molar refractivity (Wildman–Crippen MR) is 49.3 cm³/mol. The lowest BCUT2D eigenvalue weighted by molar-refractivity contribution is 0.0739.